The number of hydrogen-bond acceptors (Lipinski definition) is 2. The Morgan fingerprint density at radius 2 is 2.20 bits per heavy atom. The van der Waals surface area contributed by atoms with Gasteiger partial charge in [0.15, 0.2) is 0 Å². The zero-order chi connectivity index (χ0) is 14.1. The molecular formula is C17H24FNO. The summed E-state index contributed by atoms with van der Waals surface area (Å²) >= 11 is 0. The van der Waals surface area contributed by atoms with Crippen molar-refractivity contribution in [2.75, 3.05) is 18.0 Å². The van der Waals surface area contributed by atoms with Crippen LogP contribution in [-0.2, 0) is 6.42 Å². The number of hydrogen-bond donors (Lipinski definition) is 1. The summed E-state index contributed by atoms with van der Waals surface area (Å²) in [6, 6.07) is 5.09. The lowest BCUT2D eigenvalue weighted by molar-refractivity contribution is 0.0508. The van der Waals surface area contributed by atoms with Crippen molar-refractivity contribution < 1.29 is 9.50 Å². The number of nitrogens with zero attached hydrogens (tertiary/aromatic N) is 1. The largest absolute Gasteiger partial charge is 0.393 e. The number of halogens is 1. The van der Waals surface area contributed by atoms with Gasteiger partial charge < -0.3 is 10.0 Å². The molecule has 1 aliphatic carbocycles. The quantitative estimate of drug-likeness (QED) is 0.915. The summed E-state index contributed by atoms with van der Waals surface area (Å²) in [4.78, 5) is 2.27. The number of rotatable bonds is 3. The second-order valence-corrected chi connectivity index (χ2v) is 6.38. The molecule has 1 fully saturated rings. The van der Waals surface area contributed by atoms with E-state index in [0.717, 1.165) is 50.4 Å². The third-order valence-electron chi connectivity index (χ3n) is 5.12. The monoisotopic (exact) mass is 277 g/mol. The van der Waals surface area contributed by atoms with E-state index in [1.807, 2.05) is 6.07 Å². The lowest BCUT2D eigenvalue weighted by Crippen LogP contribution is -2.38. The van der Waals surface area contributed by atoms with E-state index in [4.69, 9.17) is 0 Å². The molecule has 0 saturated heterocycles. The van der Waals surface area contributed by atoms with Gasteiger partial charge in [-0.1, -0.05) is 19.4 Å². The Morgan fingerprint density at radius 1 is 1.35 bits per heavy atom. The van der Waals surface area contributed by atoms with Crippen molar-refractivity contribution in [1.82, 2.24) is 0 Å². The highest BCUT2D eigenvalue weighted by molar-refractivity contribution is 5.58. The van der Waals surface area contributed by atoms with Crippen molar-refractivity contribution in [3.8, 4) is 0 Å². The van der Waals surface area contributed by atoms with Gasteiger partial charge in [-0.2, -0.15) is 0 Å². The van der Waals surface area contributed by atoms with Gasteiger partial charge in [0.05, 0.1) is 6.10 Å². The van der Waals surface area contributed by atoms with Gasteiger partial charge in [0.25, 0.3) is 0 Å². The summed E-state index contributed by atoms with van der Waals surface area (Å²) in [7, 11) is 0. The molecular weight excluding hydrogens is 253 g/mol. The summed E-state index contributed by atoms with van der Waals surface area (Å²) in [5.41, 5.74) is 2.28. The molecule has 0 spiro atoms. The van der Waals surface area contributed by atoms with Crippen LogP contribution in [0.2, 0.25) is 0 Å². The zero-order valence-corrected chi connectivity index (χ0v) is 12.2. The van der Waals surface area contributed by atoms with Crippen LogP contribution in [-0.4, -0.2) is 24.3 Å². The standard InChI is InChI=1S/C17H24FNO/c1-2-12-3-6-17(20)14(9-12)11-19-8-7-13-4-5-15(18)10-16(13)19/h4-5,10,12,14,17,20H,2-3,6-9,11H2,1H3. The minimum absolute atomic E-state index is 0.161. The molecule has 1 aromatic carbocycles. The van der Waals surface area contributed by atoms with E-state index >= 15 is 0 Å². The molecule has 2 aliphatic rings. The molecule has 0 radical (unpaired) electrons. The fraction of sp³-hybridized carbons (Fsp3) is 0.647. The van der Waals surface area contributed by atoms with Crippen LogP contribution in [0.3, 0.4) is 0 Å². The summed E-state index contributed by atoms with van der Waals surface area (Å²) < 4.78 is 13.4. The smallest absolute Gasteiger partial charge is 0.125 e. The van der Waals surface area contributed by atoms with E-state index in [0.29, 0.717) is 5.92 Å². The van der Waals surface area contributed by atoms with Gasteiger partial charge >= 0.3 is 0 Å². The second-order valence-electron chi connectivity index (χ2n) is 6.38. The zero-order valence-electron chi connectivity index (χ0n) is 12.2. The van der Waals surface area contributed by atoms with Crippen LogP contribution in [0.5, 0.6) is 0 Å². The van der Waals surface area contributed by atoms with Gasteiger partial charge in [0.2, 0.25) is 0 Å². The van der Waals surface area contributed by atoms with Crippen molar-refractivity contribution in [3.63, 3.8) is 0 Å². The molecule has 1 N–H and O–H groups in total. The summed E-state index contributed by atoms with van der Waals surface area (Å²) in [6.07, 6.45) is 5.20. The first-order valence-corrected chi connectivity index (χ1v) is 7.88. The molecule has 1 aliphatic heterocycles. The van der Waals surface area contributed by atoms with Gasteiger partial charge in [0, 0.05) is 24.7 Å². The Kier molecular flexibility index (Phi) is 3.97. The molecule has 1 saturated carbocycles. The SMILES string of the molecule is CCC1CCC(O)C(CN2CCc3ccc(F)cc32)C1. The maximum atomic E-state index is 13.4. The lowest BCUT2D eigenvalue weighted by Gasteiger charge is -2.36. The minimum atomic E-state index is -0.185. The van der Waals surface area contributed by atoms with Crippen molar-refractivity contribution in [2.24, 2.45) is 11.8 Å². The Balaban J connectivity index is 1.71. The molecule has 3 unspecified atom stereocenters. The molecule has 0 bridgehead atoms. The van der Waals surface area contributed by atoms with Gasteiger partial charge in [-0.3, -0.25) is 0 Å². The third-order valence-corrected chi connectivity index (χ3v) is 5.12. The van der Waals surface area contributed by atoms with Gasteiger partial charge in [0.1, 0.15) is 5.82 Å². The molecule has 3 atom stereocenters. The van der Waals surface area contributed by atoms with Crippen LogP contribution in [0.15, 0.2) is 18.2 Å². The molecule has 20 heavy (non-hydrogen) atoms. The highest BCUT2D eigenvalue weighted by Gasteiger charge is 2.31. The molecule has 1 heterocycles. The highest BCUT2D eigenvalue weighted by Crippen LogP contribution is 2.35. The van der Waals surface area contributed by atoms with Crippen LogP contribution in [0.1, 0.15) is 38.2 Å². The number of aliphatic hydroxyl groups is 1. The molecule has 110 valence electrons. The van der Waals surface area contributed by atoms with Crippen molar-refractivity contribution in [3.05, 3.63) is 29.6 Å². The molecule has 0 aromatic heterocycles. The predicted molar refractivity (Wildman–Crippen MR) is 79.4 cm³/mol. The fourth-order valence-corrected chi connectivity index (χ4v) is 3.80. The maximum absolute atomic E-state index is 13.4. The molecule has 3 heteroatoms. The maximum Gasteiger partial charge on any atom is 0.125 e. The number of fused-ring (bicyclic) bond motifs is 1. The van der Waals surface area contributed by atoms with Crippen LogP contribution >= 0.6 is 0 Å². The molecule has 0 amide bonds. The van der Waals surface area contributed by atoms with Crippen LogP contribution < -0.4 is 4.90 Å². The van der Waals surface area contributed by atoms with Crippen molar-refractivity contribution in [1.29, 1.82) is 0 Å². The molecule has 2 nitrogen and oxygen atoms in total. The van der Waals surface area contributed by atoms with Gasteiger partial charge in [-0.15, -0.1) is 0 Å². The minimum Gasteiger partial charge on any atom is -0.393 e. The average Bonchev–Trinajstić information content (AvgIpc) is 2.84. The Bertz CT molecular complexity index is 476. The Hall–Kier alpha value is -1.09. The highest BCUT2D eigenvalue weighted by atomic mass is 19.1. The number of anilines is 1. The molecule has 1 aromatic rings. The summed E-state index contributed by atoms with van der Waals surface area (Å²) in [5, 5.41) is 10.2. The Labute approximate surface area is 120 Å². The number of aliphatic hydroxyl groups excluding tert-OH is 1. The van der Waals surface area contributed by atoms with Crippen molar-refractivity contribution >= 4 is 5.69 Å². The van der Waals surface area contributed by atoms with Gasteiger partial charge in [-0.05, 0) is 49.3 Å². The number of benzene rings is 1. The fourth-order valence-electron chi connectivity index (χ4n) is 3.80. The van der Waals surface area contributed by atoms with Crippen LogP contribution in [0.4, 0.5) is 10.1 Å². The normalized spacial score (nSPS) is 29.6. The lowest BCUT2D eigenvalue weighted by atomic mass is 9.78. The van der Waals surface area contributed by atoms with E-state index in [1.165, 1.54) is 12.0 Å². The predicted octanol–water partition coefficient (Wildman–Crippen LogP) is 3.38. The first-order valence-electron chi connectivity index (χ1n) is 7.88. The first kappa shape index (κ1) is 13.9. The van der Waals surface area contributed by atoms with E-state index in [9.17, 15) is 9.50 Å². The van der Waals surface area contributed by atoms with Crippen LogP contribution in [0, 0.1) is 17.7 Å². The van der Waals surface area contributed by atoms with Crippen LogP contribution in [0.25, 0.3) is 0 Å². The van der Waals surface area contributed by atoms with Gasteiger partial charge in [-0.25, -0.2) is 4.39 Å². The average molecular weight is 277 g/mol. The van der Waals surface area contributed by atoms with Crippen molar-refractivity contribution in [2.45, 2.75) is 45.1 Å². The summed E-state index contributed by atoms with van der Waals surface area (Å²) in [6.45, 7) is 4.06. The third kappa shape index (κ3) is 2.69. The van der Waals surface area contributed by atoms with E-state index in [-0.39, 0.29) is 11.9 Å². The van der Waals surface area contributed by atoms with E-state index in [1.54, 1.807) is 12.1 Å². The Morgan fingerprint density at radius 3 is 3.00 bits per heavy atom. The topological polar surface area (TPSA) is 23.5 Å². The summed E-state index contributed by atoms with van der Waals surface area (Å²) in [5.74, 6) is 0.923. The molecule has 3 rings (SSSR count). The second kappa shape index (κ2) is 5.72. The van der Waals surface area contributed by atoms with E-state index < -0.39 is 0 Å². The van der Waals surface area contributed by atoms with E-state index in [2.05, 4.69) is 11.8 Å². The first-order chi connectivity index (χ1) is 9.67.